The van der Waals surface area contributed by atoms with E-state index >= 15 is 0 Å². The Morgan fingerprint density at radius 2 is 2.05 bits per heavy atom. The van der Waals surface area contributed by atoms with E-state index in [-0.39, 0.29) is 11.8 Å². The molecule has 4 N–H and O–H groups in total. The zero-order chi connectivity index (χ0) is 15.5. The summed E-state index contributed by atoms with van der Waals surface area (Å²) in [6.45, 7) is 1.79. The molecule has 21 heavy (non-hydrogen) atoms. The van der Waals surface area contributed by atoms with Crippen LogP contribution >= 0.6 is 0 Å². The fourth-order valence-corrected chi connectivity index (χ4v) is 2.45. The minimum Gasteiger partial charge on any atom is -0.494 e. The monoisotopic (exact) mass is 291 g/mol. The first-order valence-electron chi connectivity index (χ1n) is 6.98. The first-order valence-corrected chi connectivity index (χ1v) is 6.98. The molecule has 6 nitrogen and oxygen atoms in total. The smallest absolute Gasteiger partial charge is 0.231 e. The highest BCUT2D eigenvalue weighted by atomic mass is 16.5. The van der Waals surface area contributed by atoms with Crippen LogP contribution in [0.15, 0.2) is 18.2 Å². The summed E-state index contributed by atoms with van der Waals surface area (Å²) in [5.74, 6) is 0.269. The van der Waals surface area contributed by atoms with Gasteiger partial charge in [-0.25, -0.2) is 0 Å². The normalized spacial score (nSPS) is 15.8. The fraction of sp³-hybridized carbons (Fsp3) is 0.467. The second-order valence-electron chi connectivity index (χ2n) is 5.39. The van der Waals surface area contributed by atoms with Crippen LogP contribution in [0, 0.1) is 5.41 Å². The predicted octanol–water partition coefficient (Wildman–Crippen LogP) is 1.72. The van der Waals surface area contributed by atoms with Crippen LogP contribution in [0.3, 0.4) is 0 Å². The number of hydrogen-bond donors (Lipinski definition) is 3. The molecular formula is C15H21N3O3. The molecule has 114 valence electrons. The molecule has 0 spiro atoms. The molecule has 0 bridgehead atoms. The topological polar surface area (TPSA) is 93.4 Å². The molecule has 6 heteroatoms. The second kappa shape index (κ2) is 6.13. The summed E-state index contributed by atoms with van der Waals surface area (Å²) in [6, 6.07) is 5.12. The highest BCUT2D eigenvalue weighted by Crippen LogP contribution is 2.41. The number of anilines is 2. The first-order chi connectivity index (χ1) is 10.0. The standard InChI is InChI=1S/C15H21N3O3/c1-10(19)17-12-5-4-11(8-13(12)21-2)18-14(20)15(9-16)6-3-7-15/h4-5,8H,3,6-7,9,16H2,1-2H3,(H,17,19)(H,18,20). The van der Waals surface area contributed by atoms with E-state index in [1.807, 2.05) is 0 Å². The quantitative estimate of drug-likeness (QED) is 0.770. The number of methoxy groups -OCH3 is 1. The Hall–Kier alpha value is -2.08. The Labute approximate surface area is 124 Å². The largest absolute Gasteiger partial charge is 0.494 e. The SMILES string of the molecule is COc1cc(NC(=O)C2(CN)CCC2)ccc1NC(C)=O. The molecule has 0 unspecified atom stereocenters. The van der Waals surface area contributed by atoms with Gasteiger partial charge in [0.25, 0.3) is 0 Å². The number of amides is 2. The fourth-order valence-electron chi connectivity index (χ4n) is 2.45. The van der Waals surface area contributed by atoms with E-state index in [0.29, 0.717) is 23.7 Å². The number of nitrogens with two attached hydrogens (primary N) is 1. The van der Waals surface area contributed by atoms with Crippen molar-refractivity contribution in [1.82, 2.24) is 0 Å². The van der Waals surface area contributed by atoms with Gasteiger partial charge in [0.05, 0.1) is 18.2 Å². The number of nitrogens with one attached hydrogen (secondary N) is 2. The van der Waals surface area contributed by atoms with Crippen LogP contribution < -0.4 is 21.1 Å². The summed E-state index contributed by atoms with van der Waals surface area (Å²) in [5, 5.41) is 5.55. The molecule has 1 aliphatic rings. The van der Waals surface area contributed by atoms with Gasteiger partial charge in [-0.3, -0.25) is 9.59 Å². The maximum absolute atomic E-state index is 12.3. The van der Waals surface area contributed by atoms with Gasteiger partial charge in [-0.05, 0) is 25.0 Å². The van der Waals surface area contributed by atoms with Gasteiger partial charge in [-0.2, -0.15) is 0 Å². The summed E-state index contributed by atoms with van der Waals surface area (Å²) in [7, 11) is 1.51. The van der Waals surface area contributed by atoms with Gasteiger partial charge in [0.1, 0.15) is 5.75 Å². The highest BCUT2D eigenvalue weighted by Gasteiger charge is 2.42. The second-order valence-corrected chi connectivity index (χ2v) is 5.39. The third-order valence-corrected chi connectivity index (χ3v) is 3.95. The summed E-state index contributed by atoms with van der Waals surface area (Å²) < 4.78 is 5.23. The van der Waals surface area contributed by atoms with Crippen LogP contribution in [0.2, 0.25) is 0 Å². The van der Waals surface area contributed by atoms with Crippen LogP contribution in [0.5, 0.6) is 5.75 Å². The molecule has 0 saturated heterocycles. The zero-order valence-electron chi connectivity index (χ0n) is 12.4. The van der Waals surface area contributed by atoms with Gasteiger partial charge in [-0.1, -0.05) is 6.42 Å². The molecule has 2 amide bonds. The maximum Gasteiger partial charge on any atom is 0.231 e. The number of benzene rings is 1. The van der Waals surface area contributed by atoms with Crippen LogP contribution in [0.4, 0.5) is 11.4 Å². The molecule has 0 heterocycles. The summed E-state index contributed by atoms with van der Waals surface area (Å²) >= 11 is 0. The van der Waals surface area contributed by atoms with Crippen LogP contribution in [-0.4, -0.2) is 25.5 Å². The van der Waals surface area contributed by atoms with Crippen molar-refractivity contribution in [2.45, 2.75) is 26.2 Å². The van der Waals surface area contributed by atoms with Crippen molar-refractivity contribution in [3.8, 4) is 5.75 Å². The maximum atomic E-state index is 12.3. The van der Waals surface area contributed by atoms with Gasteiger partial charge in [0, 0.05) is 25.2 Å². The van der Waals surface area contributed by atoms with Gasteiger partial charge < -0.3 is 21.1 Å². The molecule has 0 aromatic heterocycles. The minimum atomic E-state index is -0.427. The zero-order valence-corrected chi connectivity index (χ0v) is 12.4. The van der Waals surface area contributed by atoms with Crippen LogP contribution in [0.25, 0.3) is 0 Å². The molecule has 1 saturated carbocycles. The van der Waals surface area contributed by atoms with E-state index in [2.05, 4.69) is 10.6 Å². The predicted molar refractivity (Wildman–Crippen MR) is 81.3 cm³/mol. The first kappa shape index (κ1) is 15.3. The molecule has 0 aliphatic heterocycles. The van der Waals surface area contributed by atoms with Crippen LogP contribution in [0.1, 0.15) is 26.2 Å². The van der Waals surface area contributed by atoms with Crippen molar-refractivity contribution < 1.29 is 14.3 Å². The Kier molecular flexibility index (Phi) is 4.47. The third kappa shape index (κ3) is 3.16. The van der Waals surface area contributed by atoms with Crippen LogP contribution in [-0.2, 0) is 9.59 Å². The van der Waals surface area contributed by atoms with Crippen molar-refractivity contribution in [3.63, 3.8) is 0 Å². The Bertz CT molecular complexity index is 548. The molecular weight excluding hydrogens is 270 g/mol. The van der Waals surface area contributed by atoms with Crippen molar-refractivity contribution in [3.05, 3.63) is 18.2 Å². The highest BCUT2D eigenvalue weighted by molar-refractivity contribution is 5.97. The average Bonchev–Trinajstić information content (AvgIpc) is 2.39. The number of carbonyl (C=O) groups excluding carboxylic acids is 2. The molecule has 0 atom stereocenters. The van der Waals surface area contributed by atoms with Crippen molar-refractivity contribution in [1.29, 1.82) is 0 Å². The molecule has 2 rings (SSSR count). The number of ether oxygens (including phenoxy) is 1. The van der Waals surface area contributed by atoms with Crippen molar-refractivity contribution in [2.75, 3.05) is 24.3 Å². The Morgan fingerprint density at radius 1 is 1.33 bits per heavy atom. The van der Waals surface area contributed by atoms with E-state index in [4.69, 9.17) is 10.5 Å². The number of carbonyl (C=O) groups is 2. The lowest BCUT2D eigenvalue weighted by molar-refractivity contribution is -0.129. The van der Waals surface area contributed by atoms with Gasteiger partial charge >= 0.3 is 0 Å². The van der Waals surface area contributed by atoms with Crippen molar-refractivity contribution in [2.24, 2.45) is 11.1 Å². The minimum absolute atomic E-state index is 0.0504. The summed E-state index contributed by atoms with van der Waals surface area (Å²) in [6.07, 6.45) is 2.70. The average molecular weight is 291 g/mol. The van der Waals surface area contributed by atoms with Gasteiger partial charge in [0.2, 0.25) is 11.8 Å². The van der Waals surface area contributed by atoms with E-state index in [1.165, 1.54) is 14.0 Å². The van der Waals surface area contributed by atoms with Gasteiger partial charge in [-0.15, -0.1) is 0 Å². The lowest BCUT2D eigenvalue weighted by Crippen LogP contribution is -2.47. The third-order valence-electron chi connectivity index (χ3n) is 3.95. The van der Waals surface area contributed by atoms with E-state index < -0.39 is 5.41 Å². The lowest BCUT2D eigenvalue weighted by atomic mass is 9.68. The van der Waals surface area contributed by atoms with Crippen molar-refractivity contribution >= 4 is 23.2 Å². The molecule has 1 aromatic carbocycles. The van der Waals surface area contributed by atoms with E-state index in [9.17, 15) is 9.59 Å². The lowest BCUT2D eigenvalue weighted by Gasteiger charge is -2.39. The number of rotatable bonds is 5. The molecule has 1 fully saturated rings. The molecule has 1 aliphatic carbocycles. The summed E-state index contributed by atoms with van der Waals surface area (Å²) in [4.78, 5) is 23.4. The number of hydrogen-bond acceptors (Lipinski definition) is 4. The Morgan fingerprint density at radius 3 is 2.52 bits per heavy atom. The van der Waals surface area contributed by atoms with E-state index in [0.717, 1.165) is 19.3 Å². The molecule has 1 aromatic rings. The molecule has 0 radical (unpaired) electrons. The van der Waals surface area contributed by atoms with Gasteiger partial charge in [0.15, 0.2) is 0 Å². The van der Waals surface area contributed by atoms with E-state index in [1.54, 1.807) is 18.2 Å². The summed E-state index contributed by atoms with van der Waals surface area (Å²) in [5.41, 5.74) is 6.50. The Balaban J connectivity index is 2.14.